The number of rotatable bonds is 3. The molecule has 0 saturated carbocycles. The minimum atomic E-state index is -0.646. The molecule has 1 atom stereocenters. The molecule has 0 aromatic carbocycles. The van der Waals surface area contributed by atoms with Crippen LogP contribution in [0.5, 0.6) is 0 Å². The molecule has 0 saturated heterocycles. The van der Waals surface area contributed by atoms with Crippen LogP contribution in [-0.2, 0) is 13.5 Å². The summed E-state index contributed by atoms with van der Waals surface area (Å²) in [6.45, 7) is 2.00. The van der Waals surface area contributed by atoms with Crippen molar-refractivity contribution in [3.8, 4) is 0 Å². The summed E-state index contributed by atoms with van der Waals surface area (Å²) in [6.07, 6.45) is 5.20. The zero-order valence-electron chi connectivity index (χ0n) is 8.84. The first-order valence-corrected chi connectivity index (χ1v) is 4.95. The van der Waals surface area contributed by atoms with E-state index in [0.717, 1.165) is 23.3 Å². The molecule has 15 heavy (non-hydrogen) atoms. The Morgan fingerprint density at radius 3 is 3.00 bits per heavy atom. The third-order valence-electron chi connectivity index (χ3n) is 2.44. The van der Waals surface area contributed by atoms with Crippen LogP contribution in [0.25, 0.3) is 0 Å². The maximum absolute atomic E-state index is 10.1. The molecule has 1 unspecified atom stereocenters. The summed E-state index contributed by atoms with van der Waals surface area (Å²) in [7, 11) is 1.83. The molecule has 0 aliphatic rings. The summed E-state index contributed by atoms with van der Waals surface area (Å²) in [4.78, 5) is 0. The lowest BCUT2D eigenvalue weighted by Crippen LogP contribution is -1.99. The van der Waals surface area contributed by atoms with Gasteiger partial charge in [-0.2, -0.15) is 5.10 Å². The molecule has 2 aromatic rings. The first-order valence-electron chi connectivity index (χ1n) is 4.95. The second-order valence-electron chi connectivity index (χ2n) is 3.50. The van der Waals surface area contributed by atoms with Gasteiger partial charge in [0.2, 0.25) is 0 Å². The Hall–Kier alpha value is -1.55. The molecule has 0 bridgehead atoms. The summed E-state index contributed by atoms with van der Waals surface area (Å²) < 4.78 is 6.95. The molecular weight excluding hydrogens is 192 g/mol. The van der Waals surface area contributed by atoms with Crippen LogP contribution in [0.3, 0.4) is 0 Å². The lowest BCUT2D eigenvalue weighted by molar-refractivity contribution is 0.217. The van der Waals surface area contributed by atoms with Crippen molar-refractivity contribution in [1.82, 2.24) is 9.78 Å². The molecule has 1 N–H and O–H groups in total. The Balaban J connectivity index is 2.31. The number of nitrogens with zero attached hydrogens (tertiary/aromatic N) is 2. The van der Waals surface area contributed by atoms with E-state index in [1.165, 1.54) is 0 Å². The van der Waals surface area contributed by atoms with Gasteiger partial charge in [0.15, 0.2) is 0 Å². The average molecular weight is 206 g/mol. The Labute approximate surface area is 88.1 Å². The maximum atomic E-state index is 10.1. The predicted molar refractivity (Wildman–Crippen MR) is 55.4 cm³/mol. The summed E-state index contributed by atoms with van der Waals surface area (Å²) in [6, 6.07) is 1.80. The number of aliphatic hydroxyl groups is 1. The van der Waals surface area contributed by atoms with E-state index in [0.29, 0.717) is 0 Å². The minimum absolute atomic E-state index is 0.646. The van der Waals surface area contributed by atoms with Gasteiger partial charge < -0.3 is 9.52 Å². The standard InChI is InChI=1S/C11H14N2O2/c1-3-10-9(4-5-15-10)11(14)8-6-12-13(2)7-8/h4-7,11,14H,3H2,1-2H3. The number of aryl methyl sites for hydroxylation is 2. The van der Waals surface area contributed by atoms with E-state index in [1.54, 1.807) is 29.4 Å². The molecule has 2 heterocycles. The first kappa shape index (κ1) is 9.98. The van der Waals surface area contributed by atoms with E-state index in [2.05, 4.69) is 5.10 Å². The molecule has 80 valence electrons. The zero-order valence-corrected chi connectivity index (χ0v) is 8.84. The topological polar surface area (TPSA) is 51.2 Å². The molecule has 0 amide bonds. The van der Waals surface area contributed by atoms with Crippen molar-refractivity contribution >= 4 is 0 Å². The summed E-state index contributed by atoms with van der Waals surface area (Å²) in [5.74, 6) is 0.825. The quantitative estimate of drug-likeness (QED) is 0.830. The lowest BCUT2D eigenvalue weighted by Gasteiger charge is -2.07. The van der Waals surface area contributed by atoms with Crippen LogP contribution < -0.4 is 0 Å². The van der Waals surface area contributed by atoms with E-state index in [-0.39, 0.29) is 0 Å². The van der Waals surface area contributed by atoms with Gasteiger partial charge in [0, 0.05) is 30.8 Å². The van der Waals surface area contributed by atoms with Gasteiger partial charge in [0.25, 0.3) is 0 Å². The van der Waals surface area contributed by atoms with Crippen LogP contribution in [0.1, 0.15) is 29.9 Å². The Morgan fingerprint density at radius 1 is 1.60 bits per heavy atom. The number of hydrogen-bond acceptors (Lipinski definition) is 3. The molecule has 2 rings (SSSR count). The summed E-state index contributed by atoms with van der Waals surface area (Å²) in [5, 5.41) is 14.1. The highest BCUT2D eigenvalue weighted by atomic mass is 16.3. The molecule has 4 heteroatoms. The van der Waals surface area contributed by atoms with Crippen molar-refractivity contribution in [2.75, 3.05) is 0 Å². The smallest absolute Gasteiger partial charge is 0.110 e. The molecule has 0 spiro atoms. The number of aliphatic hydroxyl groups excluding tert-OH is 1. The summed E-state index contributed by atoms with van der Waals surface area (Å²) in [5.41, 5.74) is 1.61. The van der Waals surface area contributed by atoms with Crippen molar-refractivity contribution in [2.45, 2.75) is 19.4 Å². The third kappa shape index (κ3) is 1.80. The SMILES string of the molecule is CCc1occc1C(O)c1cnn(C)c1. The van der Waals surface area contributed by atoms with Gasteiger partial charge in [0.05, 0.1) is 12.5 Å². The molecular formula is C11H14N2O2. The predicted octanol–water partition coefficient (Wildman–Crippen LogP) is 1.66. The molecule has 4 nitrogen and oxygen atoms in total. The second-order valence-corrected chi connectivity index (χ2v) is 3.50. The largest absolute Gasteiger partial charge is 0.469 e. The van der Waals surface area contributed by atoms with Crippen molar-refractivity contribution in [2.24, 2.45) is 7.05 Å². The number of hydrogen-bond donors (Lipinski definition) is 1. The van der Waals surface area contributed by atoms with Gasteiger partial charge in [-0.3, -0.25) is 4.68 Å². The fraction of sp³-hybridized carbons (Fsp3) is 0.364. The van der Waals surface area contributed by atoms with Crippen LogP contribution in [0.4, 0.5) is 0 Å². The monoisotopic (exact) mass is 206 g/mol. The maximum Gasteiger partial charge on any atom is 0.110 e. The van der Waals surface area contributed by atoms with Crippen molar-refractivity contribution < 1.29 is 9.52 Å². The Kier molecular flexibility index (Phi) is 2.60. The lowest BCUT2D eigenvalue weighted by atomic mass is 10.0. The summed E-state index contributed by atoms with van der Waals surface area (Å²) >= 11 is 0. The third-order valence-corrected chi connectivity index (χ3v) is 2.44. The van der Waals surface area contributed by atoms with E-state index < -0.39 is 6.10 Å². The average Bonchev–Trinajstić information content (AvgIpc) is 2.84. The van der Waals surface area contributed by atoms with Crippen LogP contribution in [-0.4, -0.2) is 14.9 Å². The number of aromatic nitrogens is 2. The molecule has 2 aromatic heterocycles. The van der Waals surface area contributed by atoms with Crippen LogP contribution in [0.15, 0.2) is 29.1 Å². The van der Waals surface area contributed by atoms with Gasteiger partial charge in [-0.15, -0.1) is 0 Å². The second kappa shape index (κ2) is 3.90. The van der Waals surface area contributed by atoms with Crippen LogP contribution in [0, 0.1) is 0 Å². The van der Waals surface area contributed by atoms with Gasteiger partial charge in [0.1, 0.15) is 11.9 Å². The molecule has 0 fully saturated rings. The van der Waals surface area contributed by atoms with Gasteiger partial charge >= 0.3 is 0 Å². The zero-order chi connectivity index (χ0) is 10.8. The van der Waals surface area contributed by atoms with Gasteiger partial charge in [-0.1, -0.05) is 6.92 Å². The van der Waals surface area contributed by atoms with E-state index in [9.17, 15) is 5.11 Å². The molecule has 0 radical (unpaired) electrons. The Bertz CT molecular complexity index is 445. The normalized spacial score (nSPS) is 13.0. The van der Waals surface area contributed by atoms with Crippen molar-refractivity contribution in [1.29, 1.82) is 0 Å². The van der Waals surface area contributed by atoms with Gasteiger partial charge in [-0.25, -0.2) is 0 Å². The molecule has 0 aliphatic heterocycles. The van der Waals surface area contributed by atoms with Crippen molar-refractivity contribution in [3.63, 3.8) is 0 Å². The highest BCUT2D eigenvalue weighted by molar-refractivity contribution is 5.28. The number of furan rings is 1. The van der Waals surface area contributed by atoms with E-state index in [1.807, 2.05) is 14.0 Å². The van der Waals surface area contributed by atoms with E-state index in [4.69, 9.17) is 4.42 Å². The highest BCUT2D eigenvalue weighted by Crippen LogP contribution is 2.25. The van der Waals surface area contributed by atoms with Crippen LogP contribution >= 0.6 is 0 Å². The highest BCUT2D eigenvalue weighted by Gasteiger charge is 2.17. The fourth-order valence-electron chi connectivity index (χ4n) is 1.64. The van der Waals surface area contributed by atoms with Gasteiger partial charge in [-0.05, 0) is 6.07 Å². The molecule has 0 aliphatic carbocycles. The minimum Gasteiger partial charge on any atom is -0.469 e. The first-order chi connectivity index (χ1) is 7.22. The van der Waals surface area contributed by atoms with E-state index >= 15 is 0 Å². The van der Waals surface area contributed by atoms with Crippen LogP contribution in [0.2, 0.25) is 0 Å². The fourth-order valence-corrected chi connectivity index (χ4v) is 1.64. The van der Waals surface area contributed by atoms with Crippen molar-refractivity contribution in [3.05, 3.63) is 41.6 Å². The Morgan fingerprint density at radius 2 is 2.40 bits per heavy atom.